The molecule has 0 saturated carbocycles. The van der Waals surface area contributed by atoms with E-state index in [1.54, 1.807) is 19.2 Å². The molecule has 1 amide bonds. The minimum Gasteiger partial charge on any atom is -0.497 e. The highest BCUT2D eigenvalue weighted by Crippen LogP contribution is 2.31. The second-order valence-corrected chi connectivity index (χ2v) is 6.13. The Morgan fingerprint density at radius 2 is 2.04 bits per heavy atom. The van der Waals surface area contributed by atoms with Crippen LogP contribution in [-0.4, -0.2) is 32.3 Å². The minimum absolute atomic E-state index is 0.251. The Kier molecular flexibility index (Phi) is 4.16. The van der Waals surface area contributed by atoms with Gasteiger partial charge in [-0.25, -0.2) is 0 Å². The number of furan rings is 1. The summed E-state index contributed by atoms with van der Waals surface area (Å²) in [7, 11) is 1.61. The van der Waals surface area contributed by atoms with Gasteiger partial charge in [-0.3, -0.25) is 4.79 Å². The standard InChI is InChI=1S/C20H19NO5/c1-12-15-9-13(23-2)7-8-16(15)26-19(12)20(22)21-10-14-11-24-17-5-3-4-6-18(17)25-14/h3-9,14H,10-11H2,1-2H3,(H,21,22)/t14-/m1/s1. The van der Waals surface area contributed by atoms with Crippen molar-refractivity contribution in [3.8, 4) is 17.2 Å². The summed E-state index contributed by atoms with van der Waals surface area (Å²) in [5.41, 5.74) is 1.43. The lowest BCUT2D eigenvalue weighted by molar-refractivity contribution is 0.0774. The molecule has 26 heavy (non-hydrogen) atoms. The lowest BCUT2D eigenvalue weighted by Crippen LogP contribution is -2.40. The normalized spacial score (nSPS) is 15.7. The number of benzene rings is 2. The topological polar surface area (TPSA) is 69.9 Å². The molecule has 1 aliphatic heterocycles. The molecule has 0 radical (unpaired) electrons. The van der Waals surface area contributed by atoms with Crippen molar-refractivity contribution < 1.29 is 23.4 Å². The van der Waals surface area contributed by atoms with E-state index in [0.29, 0.717) is 30.2 Å². The van der Waals surface area contributed by atoms with E-state index in [0.717, 1.165) is 22.4 Å². The lowest BCUT2D eigenvalue weighted by atomic mass is 10.1. The van der Waals surface area contributed by atoms with Crippen molar-refractivity contribution in [2.45, 2.75) is 13.0 Å². The first-order chi connectivity index (χ1) is 12.7. The highest BCUT2D eigenvalue weighted by atomic mass is 16.6. The number of rotatable bonds is 4. The number of para-hydroxylation sites is 2. The molecule has 0 saturated heterocycles. The second-order valence-electron chi connectivity index (χ2n) is 6.13. The summed E-state index contributed by atoms with van der Waals surface area (Å²) < 4.78 is 22.5. The third kappa shape index (κ3) is 2.94. The van der Waals surface area contributed by atoms with Gasteiger partial charge in [0.25, 0.3) is 5.91 Å². The van der Waals surface area contributed by atoms with Crippen LogP contribution in [0.15, 0.2) is 46.9 Å². The van der Waals surface area contributed by atoms with Gasteiger partial charge < -0.3 is 23.9 Å². The Bertz CT molecular complexity index is 962. The molecule has 134 valence electrons. The highest BCUT2D eigenvalue weighted by molar-refractivity contribution is 5.99. The maximum Gasteiger partial charge on any atom is 0.287 e. The largest absolute Gasteiger partial charge is 0.497 e. The van der Waals surface area contributed by atoms with Crippen molar-refractivity contribution >= 4 is 16.9 Å². The second kappa shape index (κ2) is 6.63. The fourth-order valence-electron chi connectivity index (χ4n) is 2.99. The van der Waals surface area contributed by atoms with Gasteiger partial charge in [0, 0.05) is 10.9 Å². The third-order valence-corrected chi connectivity index (χ3v) is 4.41. The molecule has 1 aliphatic rings. The summed E-state index contributed by atoms with van der Waals surface area (Å²) in [5.74, 6) is 2.15. The predicted molar refractivity (Wildman–Crippen MR) is 96.2 cm³/mol. The quantitative estimate of drug-likeness (QED) is 0.779. The average Bonchev–Trinajstić information content (AvgIpc) is 3.02. The van der Waals surface area contributed by atoms with E-state index in [2.05, 4.69) is 5.32 Å². The molecular formula is C20H19NO5. The molecular weight excluding hydrogens is 334 g/mol. The Morgan fingerprint density at radius 3 is 2.85 bits per heavy atom. The molecule has 0 aliphatic carbocycles. The van der Waals surface area contributed by atoms with Crippen LogP contribution >= 0.6 is 0 Å². The maximum atomic E-state index is 12.5. The molecule has 0 bridgehead atoms. The van der Waals surface area contributed by atoms with Crippen molar-refractivity contribution in [1.82, 2.24) is 5.32 Å². The van der Waals surface area contributed by atoms with Gasteiger partial charge in [0.05, 0.1) is 13.7 Å². The van der Waals surface area contributed by atoms with Crippen LogP contribution in [0.2, 0.25) is 0 Å². The first-order valence-electron chi connectivity index (χ1n) is 8.39. The zero-order chi connectivity index (χ0) is 18.1. The summed E-state index contributed by atoms with van der Waals surface area (Å²) in [4.78, 5) is 12.5. The SMILES string of the molecule is COc1ccc2oc(C(=O)NC[C@@H]3COc4ccccc4O3)c(C)c2c1. The predicted octanol–water partition coefficient (Wildman–Crippen LogP) is 3.32. The van der Waals surface area contributed by atoms with Gasteiger partial charge in [0.2, 0.25) is 0 Å². The van der Waals surface area contributed by atoms with Crippen LogP contribution < -0.4 is 19.5 Å². The summed E-state index contributed by atoms with van der Waals surface area (Å²) in [6, 6.07) is 12.9. The Balaban J connectivity index is 1.46. The van der Waals surface area contributed by atoms with Crippen molar-refractivity contribution in [2.75, 3.05) is 20.3 Å². The molecule has 1 aromatic heterocycles. The molecule has 6 heteroatoms. The van der Waals surface area contributed by atoms with Crippen LogP contribution in [-0.2, 0) is 0 Å². The molecule has 0 spiro atoms. The zero-order valence-corrected chi connectivity index (χ0v) is 14.6. The van der Waals surface area contributed by atoms with E-state index in [9.17, 15) is 4.79 Å². The first kappa shape index (κ1) is 16.3. The number of hydrogen-bond acceptors (Lipinski definition) is 5. The van der Waals surface area contributed by atoms with E-state index < -0.39 is 0 Å². The van der Waals surface area contributed by atoms with Crippen LogP contribution in [0.25, 0.3) is 11.0 Å². The number of methoxy groups -OCH3 is 1. The Hall–Kier alpha value is -3.15. The summed E-state index contributed by atoms with van der Waals surface area (Å²) in [5, 5.41) is 3.72. The number of hydrogen-bond donors (Lipinski definition) is 1. The summed E-state index contributed by atoms with van der Waals surface area (Å²) >= 11 is 0. The molecule has 1 atom stereocenters. The van der Waals surface area contributed by atoms with Crippen LogP contribution in [0.4, 0.5) is 0 Å². The molecule has 1 N–H and O–H groups in total. The van der Waals surface area contributed by atoms with Crippen molar-refractivity contribution in [2.24, 2.45) is 0 Å². The van der Waals surface area contributed by atoms with Gasteiger partial charge >= 0.3 is 0 Å². The summed E-state index contributed by atoms with van der Waals surface area (Å²) in [6.07, 6.45) is -0.251. The summed E-state index contributed by atoms with van der Waals surface area (Å²) in [6.45, 7) is 2.57. The molecule has 6 nitrogen and oxygen atoms in total. The number of fused-ring (bicyclic) bond motifs is 2. The van der Waals surface area contributed by atoms with Crippen LogP contribution in [0, 0.1) is 6.92 Å². The lowest BCUT2D eigenvalue weighted by Gasteiger charge is -2.26. The molecule has 2 aromatic carbocycles. The Labute approximate surface area is 150 Å². The fourth-order valence-corrected chi connectivity index (χ4v) is 2.99. The first-order valence-corrected chi connectivity index (χ1v) is 8.39. The van der Waals surface area contributed by atoms with Gasteiger partial charge in [-0.1, -0.05) is 12.1 Å². The zero-order valence-electron chi connectivity index (χ0n) is 14.6. The number of carbonyl (C=O) groups is 1. The van der Waals surface area contributed by atoms with Gasteiger partial charge in [-0.2, -0.15) is 0 Å². The van der Waals surface area contributed by atoms with Crippen molar-refractivity contribution in [3.05, 3.63) is 53.8 Å². The minimum atomic E-state index is -0.278. The number of amides is 1. The number of aryl methyl sites for hydroxylation is 1. The van der Waals surface area contributed by atoms with E-state index in [-0.39, 0.29) is 12.0 Å². The highest BCUT2D eigenvalue weighted by Gasteiger charge is 2.23. The van der Waals surface area contributed by atoms with Crippen molar-refractivity contribution in [3.63, 3.8) is 0 Å². The maximum absolute atomic E-state index is 12.5. The fraction of sp³-hybridized carbons (Fsp3) is 0.250. The number of carbonyl (C=O) groups excluding carboxylic acids is 1. The van der Waals surface area contributed by atoms with E-state index in [4.69, 9.17) is 18.6 Å². The monoisotopic (exact) mass is 353 g/mol. The smallest absolute Gasteiger partial charge is 0.287 e. The van der Waals surface area contributed by atoms with E-state index >= 15 is 0 Å². The van der Waals surface area contributed by atoms with Crippen LogP contribution in [0.1, 0.15) is 16.1 Å². The van der Waals surface area contributed by atoms with Gasteiger partial charge in [-0.05, 0) is 37.3 Å². The Morgan fingerprint density at radius 1 is 1.23 bits per heavy atom. The van der Waals surface area contributed by atoms with E-state index in [1.807, 2.05) is 37.3 Å². The van der Waals surface area contributed by atoms with Gasteiger partial charge in [-0.15, -0.1) is 0 Å². The van der Waals surface area contributed by atoms with Gasteiger partial charge in [0.1, 0.15) is 24.0 Å². The molecule has 4 rings (SSSR count). The molecule has 3 aromatic rings. The van der Waals surface area contributed by atoms with Crippen LogP contribution in [0.5, 0.6) is 17.2 Å². The molecule has 0 unspecified atom stereocenters. The molecule has 0 fully saturated rings. The van der Waals surface area contributed by atoms with Gasteiger partial charge in [0.15, 0.2) is 17.3 Å². The van der Waals surface area contributed by atoms with E-state index in [1.165, 1.54) is 0 Å². The number of nitrogens with one attached hydrogen (secondary N) is 1. The molecule has 2 heterocycles. The third-order valence-electron chi connectivity index (χ3n) is 4.41. The number of ether oxygens (including phenoxy) is 3. The van der Waals surface area contributed by atoms with Crippen molar-refractivity contribution in [1.29, 1.82) is 0 Å². The van der Waals surface area contributed by atoms with Crippen LogP contribution in [0.3, 0.4) is 0 Å². The average molecular weight is 353 g/mol.